The summed E-state index contributed by atoms with van der Waals surface area (Å²) >= 11 is 1.62. The third kappa shape index (κ3) is 3.02. The van der Waals surface area contributed by atoms with Crippen molar-refractivity contribution in [2.45, 2.75) is 39.7 Å². The minimum Gasteiger partial charge on any atom is -0.466 e. The van der Waals surface area contributed by atoms with Crippen molar-refractivity contribution in [2.75, 3.05) is 18.1 Å². The largest absolute Gasteiger partial charge is 0.466 e. The minimum atomic E-state index is -0.197. The van der Waals surface area contributed by atoms with Crippen LogP contribution in [0.3, 0.4) is 0 Å². The summed E-state index contributed by atoms with van der Waals surface area (Å²) in [6.45, 7) is 7.81. The Morgan fingerprint density at radius 2 is 2.39 bits per heavy atom. The van der Waals surface area contributed by atoms with Gasteiger partial charge in [0.25, 0.3) is 0 Å². The molecule has 18 heavy (non-hydrogen) atoms. The zero-order valence-electron chi connectivity index (χ0n) is 11.2. The molecule has 0 saturated carbocycles. The first-order chi connectivity index (χ1) is 8.60. The molecule has 0 bridgehead atoms. The summed E-state index contributed by atoms with van der Waals surface area (Å²) in [6, 6.07) is 0.543. The molecule has 1 aromatic rings. The fourth-order valence-corrected chi connectivity index (χ4v) is 3.37. The number of aromatic nitrogens is 1. The van der Waals surface area contributed by atoms with E-state index in [2.05, 4.69) is 23.7 Å². The van der Waals surface area contributed by atoms with Crippen LogP contribution < -0.4 is 4.90 Å². The monoisotopic (exact) mass is 268 g/mol. The fourth-order valence-electron chi connectivity index (χ4n) is 2.44. The van der Waals surface area contributed by atoms with E-state index in [1.165, 1.54) is 6.42 Å². The van der Waals surface area contributed by atoms with Gasteiger partial charge in [-0.25, -0.2) is 4.98 Å². The van der Waals surface area contributed by atoms with E-state index in [0.29, 0.717) is 12.6 Å². The maximum absolute atomic E-state index is 11.4. The maximum atomic E-state index is 11.4. The molecule has 1 aromatic heterocycles. The first-order valence-corrected chi connectivity index (χ1v) is 7.34. The summed E-state index contributed by atoms with van der Waals surface area (Å²) in [5.41, 5.74) is 0.820. The molecule has 0 amide bonds. The van der Waals surface area contributed by atoms with Crippen LogP contribution in [0.2, 0.25) is 0 Å². The second-order valence-electron chi connectivity index (χ2n) is 4.95. The predicted molar refractivity (Wildman–Crippen MR) is 73.0 cm³/mol. The molecule has 2 atom stereocenters. The van der Waals surface area contributed by atoms with Crippen molar-refractivity contribution in [1.82, 2.24) is 4.98 Å². The van der Waals surface area contributed by atoms with Gasteiger partial charge in [-0.05, 0) is 26.2 Å². The van der Waals surface area contributed by atoms with Crippen LogP contribution in [-0.4, -0.2) is 30.1 Å². The molecular formula is C13H20N2O2S. The van der Waals surface area contributed by atoms with Crippen molar-refractivity contribution in [3.63, 3.8) is 0 Å². The third-order valence-electron chi connectivity index (χ3n) is 3.20. The van der Waals surface area contributed by atoms with Gasteiger partial charge in [0.2, 0.25) is 0 Å². The van der Waals surface area contributed by atoms with Gasteiger partial charge in [-0.2, -0.15) is 0 Å². The van der Waals surface area contributed by atoms with Gasteiger partial charge in [-0.3, -0.25) is 4.79 Å². The van der Waals surface area contributed by atoms with Crippen LogP contribution in [-0.2, 0) is 16.0 Å². The molecule has 2 heterocycles. The van der Waals surface area contributed by atoms with Crippen LogP contribution in [0.1, 0.15) is 32.9 Å². The standard InChI is InChI=1S/C13H20N2O2S/c1-4-17-12(16)6-11-8-18-13(14-11)15-7-9(2)5-10(15)3/h8-10H,4-7H2,1-3H3. The van der Waals surface area contributed by atoms with Crippen molar-refractivity contribution in [3.8, 4) is 0 Å². The molecule has 100 valence electrons. The highest BCUT2D eigenvalue weighted by atomic mass is 32.1. The van der Waals surface area contributed by atoms with Crippen LogP contribution in [0.4, 0.5) is 5.13 Å². The van der Waals surface area contributed by atoms with Gasteiger partial charge in [-0.15, -0.1) is 11.3 Å². The Kier molecular flexibility index (Phi) is 4.22. The van der Waals surface area contributed by atoms with Crippen molar-refractivity contribution in [1.29, 1.82) is 0 Å². The SMILES string of the molecule is CCOC(=O)Cc1csc(N2CC(C)CC2C)n1. The van der Waals surface area contributed by atoms with E-state index < -0.39 is 0 Å². The van der Waals surface area contributed by atoms with E-state index in [1.54, 1.807) is 11.3 Å². The topological polar surface area (TPSA) is 42.4 Å². The fraction of sp³-hybridized carbons (Fsp3) is 0.692. The van der Waals surface area contributed by atoms with Crippen LogP contribution in [0.15, 0.2) is 5.38 Å². The number of hydrogen-bond acceptors (Lipinski definition) is 5. The van der Waals surface area contributed by atoms with Gasteiger partial charge in [0.05, 0.1) is 18.7 Å². The quantitative estimate of drug-likeness (QED) is 0.787. The van der Waals surface area contributed by atoms with Gasteiger partial charge in [0.1, 0.15) is 0 Å². The lowest BCUT2D eigenvalue weighted by Crippen LogP contribution is -2.26. The number of esters is 1. The summed E-state index contributed by atoms with van der Waals surface area (Å²) in [6.07, 6.45) is 1.49. The minimum absolute atomic E-state index is 0.197. The molecule has 2 rings (SSSR count). The number of carbonyl (C=O) groups is 1. The molecule has 2 unspecified atom stereocenters. The normalized spacial score (nSPS) is 23.4. The number of ether oxygens (including phenoxy) is 1. The second-order valence-corrected chi connectivity index (χ2v) is 5.78. The average molecular weight is 268 g/mol. The Morgan fingerprint density at radius 3 is 3.00 bits per heavy atom. The predicted octanol–water partition coefficient (Wildman–Crippen LogP) is 2.48. The molecule has 1 fully saturated rings. The zero-order valence-corrected chi connectivity index (χ0v) is 12.0. The lowest BCUT2D eigenvalue weighted by Gasteiger charge is -2.19. The molecule has 0 N–H and O–H groups in total. The molecule has 4 nitrogen and oxygen atoms in total. The molecule has 0 radical (unpaired) electrons. The van der Waals surface area contributed by atoms with Gasteiger partial charge in [0.15, 0.2) is 5.13 Å². The van der Waals surface area contributed by atoms with Crippen molar-refractivity contribution in [3.05, 3.63) is 11.1 Å². The number of hydrogen-bond donors (Lipinski definition) is 0. The van der Waals surface area contributed by atoms with E-state index >= 15 is 0 Å². The van der Waals surface area contributed by atoms with Gasteiger partial charge >= 0.3 is 5.97 Å². The first-order valence-electron chi connectivity index (χ1n) is 6.46. The lowest BCUT2D eigenvalue weighted by atomic mass is 10.1. The summed E-state index contributed by atoms with van der Waals surface area (Å²) in [5.74, 6) is 0.523. The molecule has 0 spiro atoms. The van der Waals surface area contributed by atoms with Crippen LogP contribution >= 0.6 is 11.3 Å². The first kappa shape index (κ1) is 13.3. The van der Waals surface area contributed by atoms with Crippen molar-refractivity contribution >= 4 is 22.4 Å². The second kappa shape index (κ2) is 5.69. The molecular weight excluding hydrogens is 248 g/mol. The van der Waals surface area contributed by atoms with Crippen LogP contribution in [0.5, 0.6) is 0 Å². The highest BCUT2D eigenvalue weighted by Crippen LogP contribution is 2.31. The van der Waals surface area contributed by atoms with Crippen LogP contribution in [0, 0.1) is 5.92 Å². The van der Waals surface area contributed by atoms with E-state index in [9.17, 15) is 4.79 Å². The molecule has 1 aliphatic heterocycles. The molecule has 0 aliphatic carbocycles. The van der Waals surface area contributed by atoms with E-state index in [4.69, 9.17) is 4.74 Å². The highest BCUT2D eigenvalue weighted by Gasteiger charge is 2.28. The Hall–Kier alpha value is -1.10. The van der Waals surface area contributed by atoms with E-state index in [-0.39, 0.29) is 12.4 Å². The molecule has 1 saturated heterocycles. The van der Waals surface area contributed by atoms with Gasteiger partial charge < -0.3 is 9.64 Å². The van der Waals surface area contributed by atoms with Crippen LogP contribution in [0.25, 0.3) is 0 Å². The molecule has 0 aromatic carbocycles. The summed E-state index contributed by atoms with van der Waals surface area (Å²) in [7, 11) is 0. The Bertz CT molecular complexity index is 419. The average Bonchev–Trinajstić information content (AvgIpc) is 2.85. The lowest BCUT2D eigenvalue weighted by molar-refractivity contribution is -0.142. The van der Waals surface area contributed by atoms with Gasteiger partial charge in [0, 0.05) is 18.0 Å². The zero-order chi connectivity index (χ0) is 13.1. The summed E-state index contributed by atoms with van der Waals surface area (Å²) < 4.78 is 4.93. The number of rotatable bonds is 4. The van der Waals surface area contributed by atoms with Crippen molar-refractivity contribution in [2.24, 2.45) is 5.92 Å². The Labute approximate surface area is 112 Å². The maximum Gasteiger partial charge on any atom is 0.311 e. The molecule has 1 aliphatic rings. The van der Waals surface area contributed by atoms with E-state index in [0.717, 1.165) is 23.3 Å². The molecule has 5 heteroatoms. The number of anilines is 1. The summed E-state index contributed by atoms with van der Waals surface area (Å²) in [5, 5.41) is 2.99. The Balaban J connectivity index is 2.00. The number of thiazole rings is 1. The van der Waals surface area contributed by atoms with Crippen molar-refractivity contribution < 1.29 is 9.53 Å². The number of carbonyl (C=O) groups excluding carboxylic acids is 1. The van der Waals surface area contributed by atoms with E-state index in [1.807, 2.05) is 12.3 Å². The third-order valence-corrected chi connectivity index (χ3v) is 4.13. The Morgan fingerprint density at radius 1 is 1.61 bits per heavy atom. The highest BCUT2D eigenvalue weighted by molar-refractivity contribution is 7.13. The van der Waals surface area contributed by atoms with Gasteiger partial charge in [-0.1, -0.05) is 6.92 Å². The smallest absolute Gasteiger partial charge is 0.311 e. The summed E-state index contributed by atoms with van der Waals surface area (Å²) in [4.78, 5) is 18.3. The number of nitrogens with zero attached hydrogens (tertiary/aromatic N) is 2.